The molecule has 0 aliphatic carbocycles. The minimum atomic E-state index is 0.278. The van der Waals surface area contributed by atoms with Gasteiger partial charge < -0.3 is 10.1 Å². The van der Waals surface area contributed by atoms with Crippen molar-refractivity contribution in [3.63, 3.8) is 0 Å². The lowest BCUT2D eigenvalue weighted by atomic mass is 9.92. The highest BCUT2D eigenvalue weighted by Gasteiger charge is 2.22. The molecular formula is C12H21NO2. The van der Waals surface area contributed by atoms with Gasteiger partial charge in [0.2, 0.25) is 0 Å². The monoisotopic (exact) mass is 211 g/mol. The Hall–Kier alpha value is -0.410. The highest BCUT2D eigenvalue weighted by atomic mass is 16.5. The molecule has 1 N–H and O–H groups in total. The van der Waals surface area contributed by atoms with E-state index in [1.807, 2.05) is 0 Å². The van der Waals surface area contributed by atoms with E-state index in [1.165, 1.54) is 12.8 Å². The van der Waals surface area contributed by atoms with E-state index in [9.17, 15) is 4.79 Å². The van der Waals surface area contributed by atoms with Crippen molar-refractivity contribution in [1.82, 2.24) is 5.32 Å². The molecule has 3 heteroatoms. The van der Waals surface area contributed by atoms with Crippen LogP contribution in [0.2, 0.25) is 0 Å². The fraction of sp³-hybridized carbons (Fsp3) is 0.917. The molecule has 3 nitrogen and oxygen atoms in total. The lowest BCUT2D eigenvalue weighted by Gasteiger charge is -2.21. The van der Waals surface area contributed by atoms with Gasteiger partial charge in [-0.3, -0.25) is 4.79 Å². The summed E-state index contributed by atoms with van der Waals surface area (Å²) in [5.74, 6) is 0.737. The summed E-state index contributed by atoms with van der Waals surface area (Å²) >= 11 is 0. The van der Waals surface area contributed by atoms with E-state index in [4.69, 9.17) is 4.74 Å². The van der Waals surface area contributed by atoms with Crippen molar-refractivity contribution in [2.45, 2.75) is 44.6 Å². The number of carbonyl (C=O) groups is 1. The predicted octanol–water partition coefficient (Wildman–Crippen LogP) is 1.51. The molecule has 0 aromatic heterocycles. The van der Waals surface area contributed by atoms with Gasteiger partial charge in [-0.15, -0.1) is 0 Å². The number of piperidine rings is 1. The number of Topliss-reactive ketones (excluding diaryl/α,β-unsaturated/α-hetero) is 1. The van der Waals surface area contributed by atoms with Gasteiger partial charge in [-0.2, -0.15) is 0 Å². The first kappa shape index (κ1) is 11.1. The van der Waals surface area contributed by atoms with Crippen molar-refractivity contribution in [2.75, 3.05) is 19.7 Å². The first-order chi connectivity index (χ1) is 7.36. The SMILES string of the molecule is O=C1CCNCC1CCCC1CCCO1. The molecule has 0 aromatic carbocycles. The normalized spacial score (nSPS) is 32.1. The number of rotatable bonds is 4. The average molecular weight is 211 g/mol. The Balaban J connectivity index is 1.61. The molecule has 2 aliphatic heterocycles. The van der Waals surface area contributed by atoms with Crippen LogP contribution < -0.4 is 5.32 Å². The zero-order valence-electron chi connectivity index (χ0n) is 9.34. The van der Waals surface area contributed by atoms with Crippen molar-refractivity contribution < 1.29 is 9.53 Å². The molecule has 2 rings (SSSR count). The number of ketones is 1. The highest BCUT2D eigenvalue weighted by molar-refractivity contribution is 5.82. The van der Waals surface area contributed by atoms with E-state index in [0.29, 0.717) is 11.9 Å². The first-order valence-electron chi connectivity index (χ1n) is 6.21. The summed E-state index contributed by atoms with van der Waals surface area (Å²) in [5.41, 5.74) is 0. The molecule has 15 heavy (non-hydrogen) atoms. The maximum Gasteiger partial charge on any atom is 0.138 e. The molecule has 2 atom stereocenters. The van der Waals surface area contributed by atoms with Crippen molar-refractivity contribution >= 4 is 5.78 Å². The fourth-order valence-corrected chi connectivity index (χ4v) is 2.53. The Bertz CT molecular complexity index is 212. The van der Waals surface area contributed by atoms with Crippen LogP contribution in [0.3, 0.4) is 0 Å². The van der Waals surface area contributed by atoms with Gasteiger partial charge >= 0.3 is 0 Å². The van der Waals surface area contributed by atoms with Gasteiger partial charge in [0, 0.05) is 32.0 Å². The lowest BCUT2D eigenvalue weighted by Crippen LogP contribution is -2.36. The van der Waals surface area contributed by atoms with E-state index in [1.54, 1.807) is 0 Å². The Kier molecular flexibility index (Phi) is 4.15. The van der Waals surface area contributed by atoms with E-state index < -0.39 is 0 Å². The van der Waals surface area contributed by atoms with Gasteiger partial charge in [-0.25, -0.2) is 0 Å². The van der Waals surface area contributed by atoms with Crippen LogP contribution in [0.4, 0.5) is 0 Å². The zero-order chi connectivity index (χ0) is 10.5. The standard InChI is InChI=1S/C12H21NO2/c14-12-6-7-13-9-10(12)3-1-4-11-5-2-8-15-11/h10-11,13H,1-9H2. The van der Waals surface area contributed by atoms with E-state index in [-0.39, 0.29) is 5.92 Å². The number of ether oxygens (including phenoxy) is 1. The number of hydrogen-bond donors (Lipinski definition) is 1. The zero-order valence-corrected chi connectivity index (χ0v) is 9.34. The molecule has 0 saturated carbocycles. The summed E-state index contributed by atoms with van der Waals surface area (Å²) in [4.78, 5) is 11.6. The molecular weight excluding hydrogens is 190 g/mol. The van der Waals surface area contributed by atoms with Gasteiger partial charge in [0.05, 0.1) is 6.10 Å². The van der Waals surface area contributed by atoms with E-state index in [0.717, 1.165) is 45.4 Å². The molecule has 2 unspecified atom stereocenters. The van der Waals surface area contributed by atoms with Gasteiger partial charge in [0.25, 0.3) is 0 Å². The summed E-state index contributed by atoms with van der Waals surface area (Å²) in [7, 11) is 0. The van der Waals surface area contributed by atoms with Crippen LogP contribution in [0, 0.1) is 5.92 Å². The quantitative estimate of drug-likeness (QED) is 0.766. The van der Waals surface area contributed by atoms with Crippen LogP contribution in [0.25, 0.3) is 0 Å². The van der Waals surface area contributed by atoms with Gasteiger partial charge in [0.15, 0.2) is 0 Å². The molecule has 2 fully saturated rings. The molecule has 0 aromatic rings. The van der Waals surface area contributed by atoms with Gasteiger partial charge in [-0.1, -0.05) is 6.42 Å². The molecule has 2 heterocycles. The largest absolute Gasteiger partial charge is 0.378 e. The highest BCUT2D eigenvalue weighted by Crippen LogP contribution is 2.20. The third-order valence-electron chi connectivity index (χ3n) is 3.50. The minimum absolute atomic E-state index is 0.278. The summed E-state index contributed by atoms with van der Waals surface area (Å²) in [6.45, 7) is 2.71. The number of hydrogen-bond acceptors (Lipinski definition) is 3. The van der Waals surface area contributed by atoms with Gasteiger partial charge in [0.1, 0.15) is 5.78 Å². The maximum atomic E-state index is 11.6. The van der Waals surface area contributed by atoms with Crippen molar-refractivity contribution in [3.8, 4) is 0 Å². The Morgan fingerprint density at radius 3 is 3.07 bits per heavy atom. The van der Waals surface area contributed by atoms with Crippen LogP contribution >= 0.6 is 0 Å². The Morgan fingerprint density at radius 1 is 1.40 bits per heavy atom. The fourth-order valence-electron chi connectivity index (χ4n) is 2.53. The Morgan fingerprint density at radius 2 is 2.33 bits per heavy atom. The van der Waals surface area contributed by atoms with Crippen LogP contribution in [0.1, 0.15) is 38.5 Å². The summed E-state index contributed by atoms with van der Waals surface area (Å²) in [5, 5.41) is 3.29. The molecule has 0 spiro atoms. The van der Waals surface area contributed by atoms with Crippen LogP contribution in [0.5, 0.6) is 0 Å². The van der Waals surface area contributed by atoms with Crippen molar-refractivity contribution in [2.24, 2.45) is 5.92 Å². The number of carbonyl (C=O) groups excluding carboxylic acids is 1. The van der Waals surface area contributed by atoms with Crippen LogP contribution in [-0.4, -0.2) is 31.6 Å². The van der Waals surface area contributed by atoms with Crippen molar-refractivity contribution in [3.05, 3.63) is 0 Å². The molecule has 0 bridgehead atoms. The molecule has 0 radical (unpaired) electrons. The summed E-state index contributed by atoms with van der Waals surface area (Å²) in [6, 6.07) is 0. The summed E-state index contributed by atoms with van der Waals surface area (Å²) < 4.78 is 5.57. The minimum Gasteiger partial charge on any atom is -0.378 e. The molecule has 0 amide bonds. The molecule has 86 valence electrons. The second-order valence-electron chi connectivity index (χ2n) is 4.68. The van der Waals surface area contributed by atoms with E-state index >= 15 is 0 Å². The molecule has 2 saturated heterocycles. The van der Waals surface area contributed by atoms with Crippen LogP contribution in [0.15, 0.2) is 0 Å². The maximum absolute atomic E-state index is 11.6. The Labute approximate surface area is 91.6 Å². The second-order valence-corrected chi connectivity index (χ2v) is 4.68. The van der Waals surface area contributed by atoms with Crippen LogP contribution in [-0.2, 0) is 9.53 Å². The number of nitrogens with one attached hydrogen (secondary N) is 1. The van der Waals surface area contributed by atoms with Crippen molar-refractivity contribution in [1.29, 1.82) is 0 Å². The smallest absolute Gasteiger partial charge is 0.138 e. The molecule has 2 aliphatic rings. The summed E-state index contributed by atoms with van der Waals surface area (Å²) in [6.07, 6.45) is 6.98. The van der Waals surface area contributed by atoms with Gasteiger partial charge in [-0.05, 0) is 25.7 Å². The average Bonchev–Trinajstić information content (AvgIpc) is 2.74. The first-order valence-corrected chi connectivity index (χ1v) is 6.21. The predicted molar refractivity (Wildman–Crippen MR) is 58.8 cm³/mol. The van der Waals surface area contributed by atoms with E-state index in [2.05, 4.69) is 5.32 Å². The third-order valence-corrected chi connectivity index (χ3v) is 3.50. The second kappa shape index (κ2) is 5.61. The topological polar surface area (TPSA) is 38.3 Å². The lowest BCUT2D eigenvalue weighted by molar-refractivity contribution is -0.124. The third kappa shape index (κ3) is 3.28.